The molecular weight excluding hydrogens is 474 g/mol. The SMILES string of the molecule is Cc1ccc(C(=O)Nc2cc(C(C)(C)C)ccc2S(C)=O)cc1-n1cc(C(=O)NCC(C)(C)C)nn1. The van der Waals surface area contributed by atoms with Gasteiger partial charge < -0.3 is 10.6 Å². The van der Waals surface area contributed by atoms with E-state index in [1.54, 1.807) is 30.7 Å². The summed E-state index contributed by atoms with van der Waals surface area (Å²) in [5.41, 5.74) is 3.46. The zero-order chi connectivity index (χ0) is 26.8. The highest BCUT2D eigenvalue weighted by Gasteiger charge is 2.20. The maximum absolute atomic E-state index is 13.2. The molecule has 9 heteroatoms. The molecule has 2 aromatic carbocycles. The standard InChI is InChI=1S/C27H35N5O3S/c1-17-9-10-18(13-22(17)32-15-21(30-31-32)25(34)28-16-26(2,3)4)24(33)29-20-14-19(27(5,6)7)11-12-23(20)36(8)35/h9-15H,16H2,1-8H3,(H,28,34)(H,29,33). The number of amides is 2. The minimum Gasteiger partial charge on any atom is -0.350 e. The molecule has 0 saturated heterocycles. The van der Waals surface area contributed by atoms with E-state index in [2.05, 4.69) is 41.7 Å². The molecule has 0 saturated carbocycles. The van der Waals surface area contributed by atoms with Gasteiger partial charge in [-0.2, -0.15) is 0 Å². The van der Waals surface area contributed by atoms with Crippen molar-refractivity contribution in [3.8, 4) is 5.69 Å². The fourth-order valence-electron chi connectivity index (χ4n) is 3.46. The van der Waals surface area contributed by atoms with Gasteiger partial charge in [-0.25, -0.2) is 4.68 Å². The fourth-order valence-corrected chi connectivity index (χ4v) is 4.14. The average Bonchev–Trinajstić information content (AvgIpc) is 3.26. The molecule has 3 aromatic rings. The van der Waals surface area contributed by atoms with Crippen LogP contribution in [-0.4, -0.2) is 43.8 Å². The van der Waals surface area contributed by atoms with Gasteiger partial charge in [0.1, 0.15) is 0 Å². The molecule has 0 radical (unpaired) electrons. The lowest BCUT2D eigenvalue weighted by Crippen LogP contribution is -2.32. The van der Waals surface area contributed by atoms with E-state index in [0.717, 1.165) is 11.1 Å². The maximum atomic E-state index is 13.2. The second-order valence-corrected chi connectivity index (χ2v) is 12.5. The number of benzene rings is 2. The van der Waals surface area contributed by atoms with Gasteiger partial charge in [-0.3, -0.25) is 13.8 Å². The molecule has 3 rings (SSSR count). The van der Waals surface area contributed by atoms with Crippen molar-refractivity contribution in [2.75, 3.05) is 18.1 Å². The number of aromatic nitrogens is 3. The first-order valence-corrected chi connectivity index (χ1v) is 13.3. The summed E-state index contributed by atoms with van der Waals surface area (Å²) in [6, 6.07) is 10.9. The number of nitrogens with zero attached hydrogens (tertiary/aromatic N) is 3. The lowest BCUT2D eigenvalue weighted by Gasteiger charge is -2.21. The summed E-state index contributed by atoms with van der Waals surface area (Å²) < 4.78 is 13.8. The summed E-state index contributed by atoms with van der Waals surface area (Å²) in [6.45, 7) is 14.7. The lowest BCUT2D eigenvalue weighted by atomic mass is 9.87. The Morgan fingerprint density at radius 3 is 2.31 bits per heavy atom. The predicted molar refractivity (Wildman–Crippen MR) is 143 cm³/mol. The Bertz CT molecular complexity index is 1320. The van der Waals surface area contributed by atoms with Crippen molar-refractivity contribution in [3.63, 3.8) is 0 Å². The molecule has 0 bridgehead atoms. The van der Waals surface area contributed by atoms with Gasteiger partial charge in [0.15, 0.2) is 5.69 Å². The second kappa shape index (κ2) is 10.3. The highest BCUT2D eigenvalue weighted by atomic mass is 32.2. The third kappa shape index (κ3) is 6.66. The van der Waals surface area contributed by atoms with Gasteiger partial charge >= 0.3 is 0 Å². The first-order valence-electron chi connectivity index (χ1n) is 11.8. The quantitative estimate of drug-likeness (QED) is 0.504. The maximum Gasteiger partial charge on any atom is 0.273 e. The van der Waals surface area contributed by atoms with E-state index in [1.165, 1.54) is 4.68 Å². The zero-order valence-electron chi connectivity index (χ0n) is 22.2. The van der Waals surface area contributed by atoms with Crippen LogP contribution < -0.4 is 10.6 Å². The van der Waals surface area contributed by atoms with Crippen LogP contribution in [0.4, 0.5) is 5.69 Å². The molecule has 0 aliphatic carbocycles. The normalized spacial score (nSPS) is 12.8. The van der Waals surface area contributed by atoms with Crippen LogP contribution in [0.25, 0.3) is 5.69 Å². The number of rotatable bonds is 6. The Morgan fingerprint density at radius 2 is 1.69 bits per heavy atom. The van der Waals surface area contributed by atoms with Crippen molar-refractivity contribution in [2.24, 2.45) is 5.41 Å². The molecule has 192 valence electrons. The smallest absolute Gasteiger partial charge is 0.273 e. The fraction of sp³-hybridized carbons (Fsp3) is 0.407. The van der Waals surface area contributed by atoms with Crippen molar-refractivity contribution in [2.45, 2.75) is 58.8 Å². The van der Waals surface area contributed by atoms with Crippen molar-refractivity contribution in [1.82, 2.24) is 20.3 Å². The Balaban J connectivity index is 1.88. The highest BCUT2D eigenvalue weighted by molar-refractivity contribution is 7.84. The third-order valence-corrected chi connectivity index (χ3v) is 6.60. The number of carbonyl (C=O) groups is 2. The molecule has 0 aliphatic rings. The number of aryl methyl sites for hydroxylation is 1. The van der Waals surface area contributed by atoms with Crippen LogP contribution in [0.1, 0.15) is 73.5 Å². The van der Waals surface area contributed by atoms with E-state index >= 15 is 0 Å². The summed E-state index contributed by atoms with van der Waals surface area (Å²) in [5.74, 6) is -0.640. The minimum absolute atomic E-state index is 0.0550. The van der Waals surface area contributed by atoms with E-state index in [-0.39, 0.29) is 28.3 Å². The molecule has 36 heavy (non-hydrogen) atoms. The first kappa shape index (κ1) is 27.3. The number of hydrogen-bond acceptors (Lipinski definition) is 5. The van der Waals surface area contributed by atoms with E-state index < -0.39 is 10.8 Å². The average molecular weight is 510 g/mol. The molecular formula is C27H35N5O3S. The summed E-state index contributed by atoms with van der Waals surface area (Å²) in [4.78, 5) is 26.2. The van der Waals surface area contributed by atoms with Gasteiger partial charge in [0, 0.05) is 18.4 Å². The summed E-state index contributed by atoms with van der Waals surface area (Å²) in [5, 5.41) is 13.9. The first-order chi connectivity index (χ1) is 16.7. The van der Waals surface area contributed by atoms with Crippen LogP contribution in [0, 0.1) is 12.3 Å². The van der Waals surface area contributed by atoms with E-state index in [9.17, 15) is 13.8 Å². The number of carbonyl (C=O) groups excluding carboxylic acids is 2. The third-order valence-electron chi connectivity index (χ3n) is 5.63. The topological polar surface area (TPSA) is 106 Å². The van der Waals surface area contributed by atoms with Gasteiger partial charge in [0.25, 0.3) is 11.8 Å². The molecule has 8 nitrogen and oxygen atoms in total. The minimum atomic E-state index is -1.27. The van der Waals surface area contributed by atoms with Crippen molar-refractivity contribution in [3.05, 3.63) is 65.0 Å². The molecule has 0 aliphatic heterocycles. The largest absolute Gasteiger partial charge is 0.350 e. The van der Waals surface area contributed by atoms with E-state index in [0.29, 0.717) is 28.4 Å². The number of anilines is 1. The molecule has 1 unspecified atom stereocenters. The van der Waals surface area contributed by atoms with Gasteiger partial charge in [0.05, 0.1) is 33.3 Å². The van der Waals surface area contributed by atoms with Crippen LogP contribution in [0.3, 0.4) is 0 Å². The van der Waals surface area contributed by atoms with Crippen LogP contribution in [0.15, 0.2) is 47.5 Å². The monoisotopic (exact) mass is 509 g/mol. The Hall–Kier alpha value is -3.33. The molecule has 1 aromatic heterocycles. The Morgan fingerprint density at radius 1 is 1.00 bits per heavy atom. The number of hydrogen-bond donors (Lipinski definition) is 2. The molecule has 2 amide bonds. The van der Waals surface area contributed by atoms with Crippen LogP contribution in [-0.2, 0) is 16.2 Å². The van der Waals surface area contributed by atoms with Gasteiger partial charge in [-0.05, 0) is 53.1 Å². The molecule has 1 heterocycles. The van der Waals surface area contributed by atoms with Crippen LogP contribution >= 0.6 is 0 Å². The number of nitrogens with one attached hydrogen (secondary N) is 2. The second-order valence-electron chi connectivity index (χ2n) is 11.2. The molecule has 0 spiro atoms. The van der Waals surface area contributed by atoms with Gasteiger partial charge in [-0.1, -0.05) is 58.9 Å². The highest BCUT2D eigenvalue weighted by Crippen LogP contribution is 2.29. The molecule has 0 fully saturated rings. The van der Waals surface area contributed by atoms with Crippen LogP contribution in [0.5, 0.6) is 0 Å². The summed E-state index contributed by atoms with van der Waals surface area (Å²) in [7, 11) is -1.27. The predicted octanol–water partition coefficient (Wildman–Crippen LogP) is 4.64. The Kier molecular flexibility index (Phi) is 7.83. The van der Waals surface area contributed by atoms with Crippen LogP contribution in [0.2, 0.25) is 0 Å². The molecule has 2 N–H and O–H groups in total. The zero-order valence-corrected chi connectivity index (χ0v) is 23.0. The van der Waals surface area contributed by atoms with Gasteiger partial charge in [0.2, 0.25) is 0 Å². The Labute approximate surface area is 215 Å². The van der Waals surface area contributed by atoms with Gasteiger partial charge in [-0.15, -0.1) is 5.10 Å². The van der Waals surface area contributed by atoms with E-state index in [4.69, 9.17) is 0 Å². The molecule has 1 atom stereocenters. The lowest BCUT2D eigenvalue weighted by molar-refractivity contribution is 0.0933. The van der Waals surface area contributed by atoms with Crippen molar-refractivity contribution < 1.29 is 13.8 Å². The summed E-state index contributed by atoms with van der Waals surface area (Å²) in [6.07, 6.45) is 3.14. The van der Waals surface area contributed by atoms with E-state index in [1.807, 2.05) is 45.9 Å². The van der Waals surface area contributed by atoms with Crippen molar-refractivity contribution in [1.29, 1.82) is 0 Å². The summed E-state index contributed by atoms with van der Waals surface area (Å²) >= 11 is 0. The van der Waals surface area contributed by atoms with Crippen molar-refractivity contribution >= 4 is 28.3 Å².